The molecule has 0 radical (unpaired) electrons. The molecule has 0 amide bonds. The molecule has 0 N–H and O–H groups in total. The fourth-order valence-corrected chi connectivity index (χ4v) is 5.43. The molecule has 1 aliphatic rings. The van der Waals surface area contributed by atoms with Gasteiger partial charge < -0.3 is 4.42 Å². The molecule has 2 aromatic heterocycles. The van der Waals surface area contributed by atoms with Gasteiger partial charge in [0.2, 0.25) is 10.0 Å². The summed E-state index contributed by atoms with van der Waals surface area (Å²) in [7, 11) is -2.11. The highest BCUT2D eigenvalue weighted by molar-refractivity contribution is 7.89. The highest BCUT2D eigenvalue weighted by atomic mass is 32.2. The molecular formula is C22H19F2N5O3S. The molecule has 2 aromatic carbocycles. The number of benzene rings is 2. The van der Waals surface area contributed by atoms with Crippen molar-refractivity contribution < 1.29 is 21.6 Å². The van der Waals surface area contributed by atoms with Crippen LogP contribution in [-0.4, -0.2) is 39.2 Å². The van der Waals surface area contributed by atoms with Gasteiger partial charge in [0.15, 0.2) is 5.69 Å². The van der Waals surface area contributed by atoms with Crippen LogP contribution in [0, 0.1) is 18.6 Å². The average Bonchev–Trinajstić information content (AvgIpc) is 3.40. The maximum atomic E-state index is 14.1. The topological polar surface area (TPSA) is 94.1 Å². The Morgan fingerprint density at radius 2 is 1.79 bits per heavy atom. The molecule has 0 saturated carbocycles. The third-order valence-electron chi connectivity index (χ3n) is 5.71. The van der Waals surface area contributed by atoms with Crippen LogP contribution in [0.1, 0.15) is 16.8 Å². The second kappa shape index (κ2) is 7.85. The van der Waals surface area contributed by atoms with Crippen molar-refractivity contribution in [3.63, 3.8) is 0 Å². The number of fused-ring (bicyclic) bond motifs is 1. The van der Waals surface area contributed by atoms with Crippen molar-refractivity contribution in [1.29, 1.82) is 0 Å². The molecule has 0 bridgehead atoms. The molecule has 0 fully saturated rings. The van der Waals surface area contributed by atoms with E-state index in [2.05, 4.69) is 15.3 Å². The number of nitrogens with zero attached hydrogens (tertiary/aromatic N) is 5. The SMILES string of the molecule is Cc1cc(S(=O)(=O)N2CCc3c(c(-c4nnc(-c5ccccc5F)o4)nn3C)C2)ccc1F. The number of halogens is 2. The summed E-state index contributed by atoms with van der Waals surface area (Å²) >= 11 is 0. The van der Waals surface area contributed by atoms with E-state index in [0.29, 0.717) is 17.7 Å². The van der Waals surface area contributed by atoms with Crippen molar-refractivity contribution in [2.45, 2.75) is 24.8 Å². The number of hydrogen-bond donors (Lipinski definition) is 0. The minimum Gasteiger partial charge on any atom is -0.414 e. The van der Waals surface area contributed by atoms with Gasteiger partial charge in [-0.2, -0.15) is 9.40 Å². The Balaban J connectivity index is 1.51. The molecule has 0 atom stereocenters. The first-order chi connectivity index (χ1) is 15.8. The van der Waals surface area contributed by atoms with E-state index in [0.717, 1.165) is 11.8 Å². The van der Waals surface area contributed by atoms with Gasteiger partial charge in [0, 0.05) is 37.8 Å². The number of aryl methyl sites for hydroxylation is 2. The lowest BCUT2D eigenvalue weighted by Gasteiger charge is -2.27. The Kier molecular flexibility index (Phi) is 5.09. The van der Waals surface area contributed by atoms with Gasteiger partial charge in [0.1, 0.15) is 11.6 Å². The van der Waals surface area contributed by atoms with Gasteiger partial charge in [0.05, 0.1) is 10.5 Å². The quantitative estimate of drug-likeness (QED) is 0.452. The minimum atomic E-state index is -3.86. The van der Waals surface area contributed by atoms with Crippen molar-refractivity contribution in [1.82, 2.24) is 24.3 Å². The summed E-state index contributed by atoms with van der Waals surface area (Å²) in [5.41, 5.74) is 2.24. The highest BCUT2D eigenvalue weighted by Crippen LogP contribution is 2.33. The number of rotatable bonds is 4. The van der Waals surface area contributed by atoms with Gasteiger partial charge >= 0.3 is 0 Å². The molecule has 0 saturated heterocycles. The second-order valence-corrected chi connectivity index (χ2v) is 9.73. The van der Waals surface area contributed by atoms with Crippen LogP contribution in [0.25, 0.3) is 23.0 Å². The van der Waals surface area contributed by atoms with Crippen LogP contribution in [0.5, 0.6) is 0 Å². The zero-order valence-corrected chi connectivity index (χ0v) is 18.6. The Morgan fingerprint density at radius 3 is 2.55 bits per heavy atom. The molecule has 0 aliphatic carbocycles. The molecule has 1 aliphatic heterocycles. The Morgan fingerprint density at radius 1 is 1.03 bits per heavy atom. The lowest BCUT2D eigenvalue weighted by Crippen LogP contribution is -2.36. The summed E-state index contributed by atoms with van der Waals surface area (Å²) < 4.78 is 62.9. The van der Waals surface area contributed by atoms with E-state index in [1.54, 1.807) is 23.9 Å². The molecule has 170 valence electrons. The summed E-state index contributed by atoms with van der Waals surface area (Å²) in [6.45, 7) is 1.80. The van der Waals surface area contributed by atoms with E-state index in [4.69, 9.17) is 4.42 Å². The third kappa shape index (κ3) is 3.62. The van der Waals surface area contributed by atoms with Crippen LogP contribution >= 0.6 is 0 Å². The van der Waals surface area contributed by atoms with Gasteiger partial charge in [-0.15, -0.1) is 10.2 Å². The first-order valence-corrected chi connectivity index (χ1v) is 11.6. The van der Waals surface area contributed by atoms with Crippen molar-refractivity contribution in [2.75, 3.05) is 6.54 Å². The summed E-state index contributed by atoms with van der Waals surface area (Å²) in [6, 6.07) is 9.77. The van der Waals surface area contributed by atoms with E-state index >= 15 is 0 Å². The fourth-order valence-electron chi connectivity index (χ4n) is 3.93. The second-order valence-electron chi connectivity index (χ2n) is 7.79. The number of sulfonamides is 1. The normalized spacial score (nSPS) is 14.4. The average molecular weight is 471 g/mol. The summed E-state index contributed by atoms with van der Waals surface area (Å²) in [6.07, 6.45) is 0.423. The van der Waals surface area contributed by atoms with Crippen LogP contribution in [0.2, 0.25) is 0 Å². The van der Waals surface area contributed by atoms with Crippen LogP contribution in [0.15, 0.2) is 51.8 Å². The van der Waals surface area contributed by atoms with Gasteiger partial charge in [-0.3, -0.25) is 4.68 Å². The maximum Gasteiger partial charge on any atom is 0.268 e. The van der Waals surface area contributed by atoms with Gasteiger partial charge in [-0.05, 0) is 42.8 Å². The molecule has 3 heterocycles. The van der Waals surface area contributed by atoms with Crippen LogP contribution < -0.4 is 0 Å². The lowest BCUT2D eigenvalue weighted by molar-refractivity contribution is 0.386. The Bertz CT molecular complexity index is 1480. The predicted octanol–water partition coefficient (Wildman–Crippen LogP) is 3.47. The first kappa shape index (κ1) is 21.4. The predicted molar refractivity (Wildman–Crippen MR) is 114 cm³/mol. The largest absolute Gasteiger partial charge is 0.414 e. The molecule has 5 rings (SSSR count). The maximum absolute atomic E-state index is 14.1. The highest BCUT2D eigenvalue weighted by Gasteiger charge is 2.34. The van der Waals surface area contributed by atoms with Crippen molar-refractivity contribution in [3.05, 3.63) is 70.9 Å². The molecule has 0 spiro atoms. The van der Waals surface area contributed by atoms with Gasteiger partial charge in [-0.25, -0.2) is 17.2 Å². The fraction of sp³-hybridized carbons (Fsp3) is 0.227. The van der Waals surface area contributed by atoms with E-state index in [9.17, 15) is 17.2 Å². The van der Waals surface area contributed by atoms with Gasteiger partial charge in [-0.1, -0.05) is 12.1 Å². The molecule has 11 heteroatoms. The van der Waals surface area contributed by atoms with Crippen LogP contribution in [0.3, 0.4) is 0 Å². The molecular weight excluding hydrogens is 452 g/mol. The van der Waals surface area contributed by atoms with Crippen LogP contribution in [-0.2, 0) is 30.0 Å². The zero-order valence-electron chi connectivity index (χ0n) is 17.8. The van der Waals surface area contributed by atoms with E-state index in [-0.39, 0.29) is 40.9 Å². The minimum absolute atomic E-state index is 0.00424. The molecule has 8 nitrogen and oxygen atoms in total. The van der Waals surface area contributed by atoms with Crippen molar-refractivity contribution >= 4 is 10.0 Å². The summed E-state index contributed by atoms with van der Waals surface area (Å²) in [5, 5.41) is 12.4. The van der Waals surface area contributed by atoms with Gasteiger partial charge in [0.25, 0.3) is 11.8 Å². The number of aromatic nitrogens is 4. The molecule has 0 unspecified atom stereocenters. The van der Waals surface area contributed by atoms with E-state index < -0.39 is 21.7 Å². The summed E-state index contributed by atoms with van der Waals surface area (Å²) in [4.78, 5) is 0.0231. The Hall–Kier alpha value is -3.44. The standard InChI is InChI=1S/C22H19F2N5O3S/c1-13-11-14(7-8-17(13)23)33(30,31)29-10-9-19-16(12-29)20(27-28(19)2)22-26-25-21(32-22)15-5-3-4-6-18(15)24/h3-8,11H,9-10,12H2,1-2H3. The summed E-state index contributed by atoms with van der Waals surface area (Å²) in [5.74, 6) is -0.888. The lowest BCUT2D eigenvalue weighted by atomic mass is 10.1. The van der Waals surface area contributed by atoms with E-state index in [1.807, 2.05) is 0 Å². The monoisotopic (exact) mass is 471 g/mol. The molecule has 33 heavy (non-hydrogen) atoms. The van der Waals surface area contributed by atoms with E-state index in [1.165, 1.54) is 35.5 Å². The Labute approximate surface area is 188 Å². The number of hydrogen-bond acceptors (Lipinski definition) is 6. The van der Waals surface area contributed by atoms with Crippen LogP contribution in [0.4, 0.5) is 8.78 Å². The third-order valence-corrected chi connectivity index (χ3v) is 7.55. The van der Waals surface area contributed by atoms with Crippen molar-refractivity contribution in [3.8, 4) is 23.0 Å². The van der Waals surface area contributed by atoms with Crippen molar-refractivity contribution in [2.24, 2.45) is 7.05 Å². The zero-order chi connectivity index (χ0) is 23.3. The smallest absolute Gasteiger partial charge is 0.268 e. The first-order valence-electron chi connectivity index (χ1n) is 10.2. The molecule has 4 aromatic rings.